The smallest absolute Gasteiger partial charge is 0.264 e. The average molecular weight is 640 g/mol. The van der Waals surface area contributed by atoms with Gasteiger partial charge in [0.25, 0.3) is 21.8 Å². The van der Waals surface area contributed by atoms with Gasteiger partial charge in [-0.15, -0.1) is 0 Å². The van der Waals surface area contributed by atoms with Gasteiger partial charge < -0.3 is 10.1 Å². The summed E-state index contributed by atoms with van der Waals surface area (Å²) in [5.74, 6) is -0.725. The second kappa shape index (κ2) is 14.2. The fraction of sp³-hybridized carbons (Fsp3) is 0.129. The molecule has 222 valence electrons. The number of para-hydroxylation sites is 2. The molecule has 0 aliphatic rings. The molecule has 9 nitrogen and oxygen atoms in total. The van der Waals surface area contributed by atoms with Crippen molar-refractivity contribution in [3.8, 4) is 5.75 Å². The quantitative estimate of drug-likeness (QED) is 0.146. The van der Waals surface area contributed by atoms with Gasteiger partial charge in [0.2, 0.25) is 0 Å². The second-order valence-electron chi connectivity index (χ2n) is 9.14. The molecular weight excluding hydrogens is 611 g/mol. The number of hydrazone groups is 1. The molecule has 0 spiro atoms. The largest absolute Gasteiger partial charge is 0.492 e. The Morgan fingerprint density at radius 2 is 1.56 bits per heavy atom. The van der Waals surface area contributed by atoms with Crippen molar-refractivity contribution < 1.29 is 22.7 Å². The van der Waals surface area contributed by atoms with E-state index in [1.807, 2.05) is 0 Å². The summed E-state index contributed by atoms with van der Waals surface area (Å²) in [5, 5.41) is 7.80. The fourth-order valence-corrected chi connectivity index (χ4v) is 5.75. The van der Waals surface area contributed by atoms with Crippen molar-refractivity contribution in [3.05, 3.63) is 118 Å². The van der Waals surface area contributed by atoms with E-state index in [1.165, 1.54) is 24.3 Å². The van der Waals surface area contributed by atoms with Crippen LogP contribution in [-0.2, 0) is 14.8 Å². The SMILES string of the molecule is CCOc1ccccc1N(CC(=O)N/N=C(/C)c1cccc(NC(=O)c2cccc(Cl)c2)c1)S(=O)(=O)c1ccc(Cl)cc1. The van der Waals surface area contributed by atoms with Crippen LogP contribution in [0.15, 0.2) is 107 Å². The molecule has 0 atom stereocenters. The van der Waals surface area contributed by atoms with E-state index in [9.17, 15) is 18.0 Å². The summed E-state index contributed by atoms with van der Waals surface area (Å²) < 4.78 is 34.0. The molecule has 0 heterocycles. The van der Waals surface area contributed by atoms with Gasteiger partial charge in [0.1, 0.15) is 12.3 Å². The highest BCUT2D eigenvalue weighted by Gasteiger charge is 2.29. The molecule has 2 N–H and O–H groups in total. The number of ether oxygens (including phenoxy) is 1. The number of halogens is 2. The van der Waals surface area contributed by atoms with Crippen molar-refractivity contribution in [2.24, 2.45) is 5.10 Å². The molecule has 0 unspecified atom stereocenters. The Hall–Kier alpha value is -4.38. The number of hydrogen-bond acceptors (Lipinski definition) is 6. The maximum Gasteiger partial charge on any atom is 0.264 e. The molecule has 43 heavy (non-hydrogen) atoms. The van der Waals surface area contributed by atoms with Gasteiger partial charge in [0.15, 0.2) is 0 Å². The molecule has 0 saturated carbocycles. The Bertz CT molecular complexity index is 1760. The van der Waals surface area contributed by atoms with Crippen LogP contribution in [0.4, 0.5) is 11.4 Å². The van der Waals surface area contributed by atoms with Crippen molar-refractivity contribution in [2.45, 2.75) is 18.7 Å². The van der Waals surface area contributed by atoms with Crippen molar-refractivity contribution in [1.29, 1.82) is 0 Å². The standard InChI is InChI=1S/C31H28Cl2N4O5S/c1-3-42-29-13-5-4-12-28(29)37(43(40,41)27-16-14-24(32)15-17-27)20-30(38)36-35-21(2)22-8-7-11-26(19-22)34-31(39)23-9-6-10-25(33)18-23/h4-19H,3,20H2,1-2H3,(H,34,39)(H,36,38)/b35-21-. The Morgan fingerprint density at radius 1 is 0.860 bits per heavy atom. The first-order valence-corrected chi connectivity index (χ1v) is 15.3. The zero-order valence-electron chi connectivity index (χ0n) is 23.3. The summed E-state index contributed by atoms with van der Waals surface area (Å²) in [6.07, 6.45) is 0. The number of nitrogens with one attached hydrogen (secondary N) is 2. The van der Waals surface area contributed by atoms with E-state index in [0.29, 0.717) is 44.9 Å². The zero-order valence-corrected chi connectivity index (χ0v) is 25.6. The Kier molecular flexibility index (Phi) is 10.4. The highest BCUT2D eigenvalue weighted by atomic mass is 35.5. The monoisotopic (exact) mass is 638 g/mol. The molecule has 0 radical (unpaired) electrons. The number of sulfonamides is 1. The third-order valence-electron chi connectivity index (χ3n) is 6.10. The minimum Gasteiger partial charge on any atom is -0.492 e. The predicted octanol–water partition coefficient (Wildman–Crippen LogP) is 6.38. The molecule has 0 aliphatic carbocycles. The maximum absolute atomic E-state index is 13.7. The number of rotatable bonds is 11. The number of amides is 2. The summed E-state index contributed by atoms with van der Waals surface area (Å²) in [6.45, 7) is 3.16. The summed E-state index contributed by atoms with van der Waals surface area (Å²) in [6, 6.07) is 25.7. The van der Waals surface area contributed by atoms with Crippen LogP contribution in [0.2, 0.25) is 10.0 Å². The van der Waals surface area contributed by atoms with Crippen LogP contribution in [-0.4, -0.2) is 39.1 Å². The summed E-state index contributed by atoms with van der Waals surface area (Å²) in [4.78, 5) is 25.7. The van der Waals surface area contributed by atoms with Gasteiger partial charge in [0.05, 0.1) is 22.9 Å². The van der Waals surface area contributed by atoms with E-state index in [-0.39, 0.29) is 16.5 Å². The molecular formula is C31H28Cl2N4O5S. The molecule has 0 aliphatic heterocycles. The molecule has 0 fully saturated rings. The van der Waals surface area contributed by atoms with Crippen LogP contribution in [0.1, 0.15) is 29.8 Å². The van der Waals surface area contributed by atoms with Crippen LogP contribution < -0.4 is 19.8 Å². The third kappa shape index (κ3) is 8.13. The van der Waals surface area contributed by atoms with Gasteiger partial charge in [-0.3, -0.25) is 13.9 Å². The first kappa shape index (κ1) is 31.6. The molecule has 4 aromatic carbocycles. The molecule has 0 aromatic heterocycles. The Balaban J connectivity index is 1.54. The normalized spacial score (nSPS) is 11.5. The number of carbonyl (C=O) groups excluding carboxylic acids is 2. The van der Waals surface area contributed by atoms with Gasteiger partial charge in [-0.05, 0) is 86.1 Å². The zero-order chi connectivity index (χ0) is 31.0. The van der Waals surface area contributed by atoms with E-state index >= 15 is 0 Å². The van der Waals surface area contributed by atoms with Gasteiger partial charge in [-0.2, -0.15) is 5.10 Å². The molecule has 2 amide bonds. The molecule has 0 saturated heterocycles. The summed E-state index contributed by atoms with van der Waals surface area (Å²) in [5.41, 5.74) is 4.59. The second-order valence-corrected chi connectivity index (χ2v) is 11.9. The Morgan fingerprint density at radius 3 is 2.28 bits per heavy atom. The molecule has 4 aromatic rings. The van der Waals surface area contributed by atoms with Crippen LogP contribution in [0.3, 0.4) is 0 Å². The Labute approximate surface area is 260 Å². The van der Waals surface area contributed by atoms with Crippen molar-refractivity contribution in [2.75, 3.05) is 22.8 Å². The first-order chi connectivity index (χ1) is 20.6. The lowest BCUT2D eigenvalue weighted by Gasteiger charge is -2.25. The summed E-state index contributed by atoms with van der Waals surface area (Å²) >= 11 is 12.0. The van der Waals surface area contributed by atoms with Crippen LogP contribution in [0.25, 0.3) is 0 Å². The molecule has 0 bridgehead atoms. The summed E-state index contributed by atoms with van der Waals surface area (Å²) in [7, 11) is -4.20. The minimum absolute atomic E-state index is 0.0488. The number of anilines is 2. The minimum atomic E-state index is -4.20. The molecule has 12 heteroatoms. The lowest BCUT2D eigenvalue weighted by Crippen LogP contribution is -2.40. The number of benzene rings is 4. The number of hydrogen-bond donors (Lipinski definition) is 2. The number of carbonyl (C=O) groups is 2. The number of nitrogens with zero attached hydrogens (tertiary/aromatic N) is 2. The molecule has 4 rings (SSSR count). The highest BCUT2D eigenvalue weighted by molar-refractivity contribution is 7.92. The highest BCUT2D eigenvalue weighted by Crippen LogP contribution is 2.32. The van der Waals surface area contributed by atoms with Crippen molar-refractivity contribution in [1.82, 2.24) is 5.43 Å². The lowest BCUT2D eigenvalue weighted by molar-refractivity contribution is -0.119. The van der Waals surface area contributed by atoms with E-state index in [0.717, 1.165) is 4.31 Å². The van der Waals surface area contributed by atoms with Crippen molar-refractivity contribution in [3.63, 3.8) is 0 Å². The van der Waals surface area contributed by atoms with E-state index in [4.69, 9.17) is 27.9 Å². The van der Waals surface area contributed by atoms with Gasteiger partial charge in [0, 0.05) is 21.3 Å². The maximum atomic E-state index is 13.7. The van der Waals surface area contributed by atoms with Gasteiger partial charge >= 0.3 is 0 Å². The lowest BCUT2D eigenvalue weighted by atomic mass is 10.1. The topological polar surface area (TPSA) is 117 Å². The average Bonchev–Trinajstić information content (AvgIpc) is 2.99. The van der Waals surface area contributed by atoms with E-state index in [2.05, 4.69) is 15.8 Å². The van der Waals surface area contributed by atoms with E-state index in [1.54, 1.807) is 86.6 Å². The van der Waals surface area contributed by atoms with Crippen LogP contribution in [0, 0.1) is 0 Å². The van der Waals surface area contributed by atoms with Gasteiger partial charge in [-0.25, -0.2) is 13.8 Å². The van der Waals surface area contributed by atoms with Crippen molar-refractivity contribution >= 4 is 62.1 Å². The van der Waals surface area contributed by atoms with Gasteiger partial charge in [-0.1, -0.05) is 53.5 Å². The predicted molar refractivity (Wildman–Crippen MR) is 170 cm³/mol. The van der Waals surface area contributed by atoms with Crippen LogP contribution in [0.5, 0.6) is 5.75 Å². The van der Waals surface area contributed by atoms with E-state index < -0.39 is 22.5 Å². The first-order valence-electron chi connectivity index (χ1n) is 13.1. The fourth-order valence-electron chi connectivity index (χ4n) is 4.01. The third-order valence-corrected chi connectivity index (χ3v) is 8.36. The van der Waals surface area contributed by atoms with Crippen LogP contribution >= 0.6 is 23.2 Å².